The number of rotatable bonds is 8. The molecule has 1 aliphatic rings. The first-order valence-corrected chi connectivity index (χ1v) is 6.17. The van der Waals surface area contributed by atoms with Gasteiger partial charge in [-0.05, 0) is 12.8 Å². The number of carbonyl (C=O) groups excluding carboxylic acids is 2. The molecule has 0 aromatic rings. The van der Waals surface area contributed by atoms with Crippen molar-refractivity contribution in [3.05, 3.63) is 0 Å². The van der Waals surface area contributed by atoms with Crippen LogP contribution >= 0.6 is 0 Å². The van der Waals surface area contributed by atoms with Crippen LogP contribution in [0.2, 0.25) is 0 Å². The second-order valence-corrected chi connectivity index (χ2v) is 4.48. The number of carboxylic acids is 2. The quantitative estimate of drug-likeness (QED) is 0.382. The van der Waals surface area contributed by atoms with Gasteiger partial charge in [0.25, 0.3) is 0 Å². The molecule has 0 saturated heterocycles. The van der Waals surface area contributed by atoms with Gasteiger partial charge in [0, 0.05) is 19.0 Å². The van der Waals surface area contributed by atoms with Crippen LogP contribution in [0.25, 0.3) is 0 Å². The van der Waals surface area contributed by atoms with E-state index < -0.39 is 30.4 Å². The van der Waals surface area contributed by atoms with E-state index in [0.717, 1.165) is 12.8 Å². The Morgan fingerprint density at radius 1 is 1.15 bits per heavy atom. The minimum absolute atomic E-state index is 0.0454. The van der Waals surface area contributed by atoms with E-state index in [0.29, 0.717) is 0 Å². The van der Waals surface area contributed by atoms with Crippen molar-refractivity contribution in [2.24, 2.45) is 0 Å². The van der Waals surface area contributed by atoms with Gasteiger partial charge in [0.1, 0.15) is 6.04 Å². The van der Waals surface area contributed by atoms with Gasteiger partial charge >= 0.3 is 18.0 Å². The molecule has 9 heteroatoms. The topological polar surface area (TPSA) is 145 Å². The van der Waals surface area contributed by atoms with Crippen LogP contribution in [0, 0.1) is 0 Å². The molecule has 0 spiro atoms. The van der Waals surface area contributed by atoms with Gasteiger partial charge in [-0.1, -0.05) is 0 Å². The van der Waals surface area contributed by atoms with E-state index in [-0.39, 0.29) is 24.9 Å². The maximum absolute atomic E-state index is 11.3. The molecule has 1 atom stereocenters. The van der Waals surface area contributed by atoms with Crippen LogP contribution in [0.15, 0.2) is 0 Å². The lowest BCUT2D eigenvalue weighted by atomic mass is 10.2. The van der Waals surface area contributed by atoms with E-state index in [4.69, 9.17) is 10.2 Å². The average Bonchev–Trinajstić information content (AvgIpc) is 3.11. The number of nitrogens with one attached hydrogen (secondary N) is 3. The van der Waals surface area contributed by atoms with E-state index >= 15 is 0 Å². The molecular formula is C11H17N3O6. The van der Waals surface area contributed by atoms with Crippen molar-refractivity contribution in [2.75, 3.05) is 6.54 Å². The summed E-state index contributed by atoms with van der Waals surface area (Å²) in [6.45, 7) is 0.0454. The van der Waals surface area contributed by atoms with Crippen molar-refractivity contribution in [2.45, 2.75) is 37.8 Å². The Morgan fingerprint density at radius 2 is 1.80 bits per heavy atom. The monoisotopic (exact) mass is 287 g/mol. The third-order valence-electron chi connectivity index (χ3n) is 2.56. The number of hydrogen-bond acceptors (Lipinski definition) is 4. The third-order valence-corrected chi connectivity index (χ3v) is 2.56. The summed E-state index contributed by atoms with van der Waals surface area (Å²) < 4.78 is 0. The lowest BCUT2D eigenvalue weighted by Crippen LogP contribution is -2.47. The number of hydrogen-bond donors (Lipinski definition) is 5. The summed E-state index contributed by atoms with van der Waals surface area (Å²) in [6.07, 6.45) is 1.30. The van der Waals surface area contributed by atoms with Gasteiger partial charge in [0.2, 0.25) is 5.91 Å². The van der Waals surface area contributed by atoms with Crippen LogP contribution < -0.4 is 16.0 Å². The van der Waals surface area contributed by atoms with E-state index in [1.165, 1.54) is 0 Å². The summed E-state index contributed by atoms with van der Waals surface area (Å²) in [6, 6.07) is -2.09. The highest BCUT2D eigenvalue weighted by Crippen LogP contribution is 2.18. The number of aliphatic carboxylic acids is 2. The Balaban J connectivity index is 2.21. The summed E-state index contributed by atoms with van der Waals surface area (Å²) in [5, 5.41) is 24.3. The van der Waals surface area contributed by atoms with Gasteiger partial charge < -0.3 is 26.2 Å². The molecule has 5 N–H and O–H groups in total. The zero-order chi connectivity index (χ0) is 15.1. The van der Waals surface area contributed by atoms with Crippen LogP contribution in [0.3, 0.4) is 0 Å². The molecule has 1 fully saturated rings. The predicted octanol–water partition coefficient (Wildman–Crippen LogP) is -1.12. The molecule has 0 unspecified atom stereocenters. The van der Waals surface area contributed by atoms with Crippen molar-refractivity contribution >= 4 is 23.9 Å². The molecule has 3 amide bonds. The standard InChI is InChI=1S/C11H17N3O6/c15-8(13-6-1-2-6)3-4-12-11(20)14-7(10(18)19)5-9(16)17/h6-7H,1-5H2,(H,13,15)(H,16,17)(H,18,19)(H2,12,14,20)/t7-/m1/s1. The van der Waals surface area contributed by atoms with Crippen LogP contribution in [0.4, 0.5) is 4.79 Å². The molecule has 0 aromatic heterocycles. The maximum Gasteiger partial charge on any atom is 0.326 e. The summed E-state index contributed by atoms with van der Waals surface area (Å²) in [7, 11) is 0. The molecule has 0 bridgehead atoms. The van der Waals surface area contributed by atoms with Crippen molar-refractivity contribution in [1.82, 2.24) is 16.0 Å². The highest BCUT2D eigenvalue weighted by atomic mass is 16.4. The fourth-order valence-electron chi connectivity index (χ4n) is 1.40. The van der Waals surface area contributed by atoms with Crippen molar-refractivity contribution in [1.29, 1.82) is 0 Å². The fraction of sp³-hybridized carbons (Fsp3) is 0.636. The number of carbonyl (C=O) groups is 4. The zero-order valence-corrected chi connectivity index (χ0v) is 10.7. The first-order valence-electron chi connectivity index (χ1n) is 6.17. The molecule has 112 valence electrons. The second-order valence-electron chi connectivity index (χ2n) is 4.48. The average molecular weight is 287 g/mol. The molecule has 0 heterocycles. The van der Waals surface area contributed by atoms with Gasteiger partial charge in [-0.15, -0.1) is 0 Å². The fourth-order valence-corrected chi connectivity index (χ4v) is 1.40. The maximum atomic E-state index is 11.3. The smallest absolute Gasteiger partial charge is 0.326 e. The SMILES string of the molecule is O=C(O)C[C@@H](NC(=O)NCCC(=O)NC1CC1)C(=O)O. The molecule has 0 aliphatic heterocycles. The normalized spacial score (nSPS) is 15.0. The minimum Gasteiger partial charge on any atom is -0.481 e. The molecule has 1 aliphatic carbocycles. The molecule has 0 radical (unpaired) electrons. The minimum atomic E-state index is -1.51. The zero-order valence-electron chi connectivity index (χ0n) is 10.7. The van der Waals surface area contributed by atoms with E-state index in [1.807, 2.05) is 5.32 Å². The first-order chi connectivity index (χ1) is 9.38. The molecule has 9 nitrogen and oxygen atoms in total. The molecule has 20 heavy (non-hydrogen) atoms. The van der Waals surface area contributed by atoms with Gasteiger partial charge in [-0.3, -0.25) is 9.59 Å². The van der Waals surface area contributed by atoms with Crippen LogP contribution in [0.1, 0.15) is 25.7 Å². The lowest BCUT2D eigenvalue weighted by molar-refractivity contribution is -0.145. The van der Waals surface area contributed by atoms with Crippen LogP contribution in [-0.4, -0.2) is 52.7 Å². The number of urea groups is 1. The third kappa shape index (κ3) is 6.57. The van der Waals surface area contributed by atoms with Crippen molar-refractivity contribution in [3.8, 4) is 0 Å². The van der Waals surface area contributed by atoms with Crippen molar-refractivity contribution < 1.29 is 29.4 Å². The number of amides is 3. The van der Waals surface area contributed by atoms with E-state index in [9.17, 15) is 19.2 Å². The summed E-state index contributed by atoms with van der Waals surface area (Å²) >= 11 is 0. The first kappa shape index (κ1) is 15.7. The highest BCUT2D eigenvalue weighted by molar-refractivity contribution is 5.86. The highest BCUT2D eigenvalue weighted by Gasteiger charge is 2.24. The van der Waals surface area contributed by atoms with Crippen LogP contribution in [-0.2, 0) is 14.4 Å². The number of carboxylic acid groups (broad SMARTS) is 2. The van der Waals surface area contributed by atoms with Gasteiger partial charge in [0.15, 0.2) is 0 Å². The molecule has 0 aromatic carbocycles. The predicted molar refractivity (Wildman–Crippen MR) is 66.0 cm³/mol. The van der Waals surface area contributed by atoms with Gasteiger partial charge in [0.05, 0.1) is 6.42 Å². The van der Waals surface area contributed by atoms with Gasteiger partial charge in [-0.25, -0.2) is 9.59 Å². The summed E-state index contributed by atoms with van der Waals surface area (Å²) in [4.78, 5) is 43.8. The van der Waals surface area contributed by atoms with Crippen molar-refractivity contribution in [3.63, 3.8) is 0 Å². The Labute approximate surface area is 114 Å². The second kappa shape index (κ2) is 7.31. The lowest BCUT2D eigenvalue weighted by Gasteiger charge is -2.13. The van der Waals surface area contributed by atoms with E-state index in [2.05, 4.69) is 10.6 Å². The Bertz CT molecular complexity index is 407. The van der Waals surface area contributed by atoms with Crippen LogP contribution in [0.5, 0.6) is 0 Å². The largest absolute Gasteiger partial charge is 0.481 e. The van der Waals surface area contributed by atoms with Gasteiger partial charge in [-0.2, -0.15) is 0 Å². The molecule has 1 rings (SSSR count). The Kier molecular flexibility index (Phi) is 5.75. The summed E-state index contributed by atoms with van der Waals surface area (Å²) in [5.41, 5.74) is 0. The molecular weight excluding hydrogens is 270 g/mol. The Morgan fingerprint density at radius 3 is 2.30 bits per heavy atom. The Hall–Kier alpha value is -2.32. The summed E-state index contributed by atoms with van der Waals surface area (Å²) in [5.74, 6) is -2.95. The van der Waals surface area contributed by atoms with E-state index in [1.54, 1.807) is 0 Å². The molecule has 1 saturated carbocycles.